The van der Waals surface area contributed by atoms with Gasteiger partial charge in [0.2, 0.25) is 0 Å². The van der Waals surface area contributed by atoms with Crippen LogP contribution in [0.4, 0.5) is 13.2 Å². The normalized spacial score (nSPS) is 11.4. The number of hydrogen-bond acceptors (Lipinski definition) is 3. The summed E-state index contributed by atoms with van der Waals surface area (Å²) in [6.07, 6.45) is -2.68. The molecule has 3 nitrogen and oxygen atoms in total. The van der Waals surface area contributed by atoms with Crippen molar-refractivity contribution in [2.45, 2.75) is 19.5 Å². The third-order valence-corrected chi connectivity index (χ3v) is 3.17. The van der Waals surface area contributed by atoms with Crippen molar-refractivity contribution in [3.8, 4) is 0 Å². The van der Waals surface area contributed by atoms with Crippen LogP contribution in [0, 0.1) is 3.57 Å². The van der Waals surface area contributed by atoms with E-state index in [1.807, 2.05) is 0 Å². The van der Waals surface area contributed by atoms with Gasteiger partial charge in [-0.1, -0.05) is 0 Å². The zero-order valence-electron chi connectivity index (χ0n) is 8.84. The molecule has 0 saturated carbocycles. The van der Waals surface area contributed by atoms with E-state index in [2.05, 4.69) is 9.72 Å². The highest BCUT2D eigenvalue weighted by molar-refractivity contribution is 14.1. The second kappa shape index (κ2) is 5.65. The first kappa shape index (κ1) is 14.2. The van der Waals surface area contributed by atoms with Crippen LogP contribution in [0.1, 0.15) is 18.1 Å². The molecular formula is C10H9F3INO2. The van der Waals surface area contributed by atoms with Gasteiger partial charge in [0, 0.05) is 16.0 Å². The van der Waals surface area contributed by atoms with Gasteiger partial charge in [-0.05, 0) is 35.1 Å². The second-order valence-corrected chi connectivity index (χ2v) is 4.22. The predicted molar refractivity (Wildman–Crippen MR) is 62.3 cm³/mol. The van der Waals surface area contributed by atoms with Gasteiger partial charge in [0.05, 0.1) is 18.6 Å². The third kappa shape index (κ3) is 3.83. The summed E-state index contributed by atoms with van der Waals surface area (Å²) in [5.41, 5.74) is -0.612. The smallest absolute Gasteiger partial charge is 0.418 e. The molecule has 0 bridgehead atoms. The van der Waals surface area contributed by atoms with E-state index < -0.39 is 17.7 Å². The SMILES string of the molecule is CCOC(=O)Cc1cncc(C(F)(F)F)c1I. The van der Waals surface area contributed by atoms with E-state index >= 15 is 0 Å². The number of nitrogens with zero attached hydrogens (tertiary/aromatic N) is 1. The first-order valence-electron chi connectivity index (χ1n) is 4.71. The molecule has 0 saturated heterocycles. The van der Waals surface area contributed by atoms with Crippen molar-refractivity contribution in [1.82, 2.24) is 4.98 Å². The van der Waals surface area contributed by atoms with Crippen LogP contribution >= 0.6 is 22.6 Å². The molecule has 0 unspecified atom stereocenters. The first-order chi connectivity index (χ1) is 7.86. The molecule has 0 N–H and O–H groups in total. The fourth-order valence-electron chi connectivity index (χ4n) is 1.18. The molecule has 0 aliphatic carbocycles. The average Bonchev–Trinajstić information content (AvgIpc) is 2.19. The maximum atomic E-state index is 12.6. The van der Waals surface area contributed by atoms with Gasteiger partial charge in [0.25, 0.3) is 0 Å². The molecule has 0 radical (unpaired) electrons. The van der Waals surface area contributed by atoms with Crippen molar-refractivity contribution < 1.29 is 22.7 Å². The lowest BCUT2D eigenvalue weighted by molar-refractivity contribution is -0.143. The highest BCUT2D eigenvalue weighted by Gasteiger charge is 2.34. The molecule has 17 heavy (non-hydrogen) atoms. The fraction of sp³-hybridized carbons (Fsp3) is 0.400. The first-order valence-corrected chi connectivity index (χ1v) is 5.79. The standard InChI is InChI=1S/C10H9F3INO2/c1-2-17-8(16)3-6-4-15-5-7(9(6)14)10(11,12)13/h4-5H,2-3H2,1H3. The van der Waals surface area contributed by atoms with E-state index in [-0.39, 0.29) is 22.2 Å². The lowest BCUT2D eigenvalue weighted by Gasteiger charge is -2.11. The van der Waals surface area contributed by atoms with Crippen molar-refractivity contribution in [2.24, 2.45) is 0 Å². The van der Waals surface area contributed by atoms with Crippen LogP contribution < -0.4 is 0 Å². The van der Waals surface area contributed by atoms with Gasteiger partial charge < -0.3 is 4.74 Å². The van der Waals surface area contributed by atoms with E-state index in [9.17, 15) is 18.0 Å². The summed E-state index contributed by atoms with van der Waals surface area (Å²) in [4.78, 5) is 14.7. The number of rotatable bonds is 3. The predicted octanol–water partition coefficient (Wildman–Crippen LogP) is 2.81. The Bertz CT molecular complexity index is 421. The molecule has 0 atom stereocenters. The lowest BCUT2D eigenvalue weighted by atomic mass is 10.1. The van der Waals surface area contributed by atoms with Gasteiger partial charge in [-0.15, -0.1) is 0 Å². The van der Waals surface area contributed by atoms with Gasteiger partial charge in [-0.2, -0.15) is 13.2 Å². The van der Waals surface area contributed by atoms with Crippen molar-refractivity contribution in [3.05, 3.63) is 27.1 Å². The number of carbonyl (C=O) groups excluding carboxylic acids is 1. The summed E-state index contributed by atoms with van der Waals surface area (Å²) < 4.78 is 42.3. The number of alkyl halides is 3. The van der Waals surface area contributed by atoms with E-state index in [0.717, 1.165) is 6.20 Å². The van der Waals surface area contributed by atoms with Crippen molar-refractivity contribution >= 4 is 28.6 Å². The summed E-state index contributed by atoms with van der Waals surface area (Å²) in [5.74, 6) is -0.563. The summed E-state index contributed by atoms with van der Waals surface area (Å²) in [5, 5.41) is 0. The van der Waals surface area contributed by atoms with Crippen LogP contribution in [0.15, 0.2) is 12.4 Å². The van der Waals surface area contributed by atoms with Gasteiger partial charge in [-0.3, -0.25) is 9.78 Å². The average molecular weight is 359 g/mol. The molecule has 0 aromatic carbocycles. The maximum Gasteiger partial charge on any atom is 0.418 e. The molecule has 7 heteroatoms. The number of esters is 1. The molecule has 1 aromatic heterocycles. The number of aromatic nitrogens is 1. The minimum Gasteiger partial charge on any atom is -0.466 e. The number of pyridine rings is 1. The van der Waals surface area contributed by atoms with Gasteiger partial charge in [0.15, 0.2) is 0 Å². The van der Waals surface area contributed by atoms with Crippen LogP contribution in [0.2, 0.25) is 0 Å². The second-order valence-electron chi connectivity index (χ2n) is 3.14. The number of halogens is 4. The van der Waals surface area contributed by atoms with Crippen LogP contribution in [0.25, 0.3) is 0 Å². The van der Waals surface area contributed by atoms with Gasteiger partial charge >= 0.3 is 12.1 Å². The summed E-state index contributed by atoms with van der Waals surface area (Å²) in [6, 6.07) is 0. The Morgan fingerprint density at radius 2 is 2.12 bits per heavy atom. The molecular weight excluding hydrogens is 350 g/mol. The number of ether oxygens (including phenoxy) is 1. The molecule has 1 rings (SSSR count). The van der Waals surface area contributed by atoms with E-state index in [0.29, 0.717) is 0 Å². The topological polar surface area (TPSA) is 39.2 Å². The number of hydrogen-bond donors (Lipinski definition) is 0. The fourth-order valence-corrected chi connectivity index (χ4v) is 1.95. The summed E-state index contributed by atoms with van der Waals surface area (Å²) in [7, 11) is 0. The zero-order chi connectivity index (χ0) is 13.1. The Kier molecular flexibility index (Phi) is 4.72. The highest BCUT2D eigenvalue weighted by atomic mass is 127. The van der Waals surface area contributed by atoms with E-state index in [1.54, 1.807) is 29.5 Å². The molecule has 0 aliphatic heterocycles. The molecule has 1 aromatic rings. The largest absolute Gasteiger partial charge is 0.466 e. The van der Waals surface area contributed by atoms with Crippen LogP contribution in [-0.4, -0.2) is 17.6 Å². The molecule has 94 valence electrons. The van der Waals surface area contributed by atoms with Crippen molar-refractivity contribution in [2.75, 3.05) is 6.61 Å². The summed E-state index contributed by atoms with van der Waals surface area (Å²) >= 11 is 1.56. The van der Waals surface area contributed by atoms with Gasteiger partial charge in [-0.25, -0.2) is 0 Å². The van der Waals surface area contributed by atoms with Crippen molar-refractivity contribution in [1.29, 1.82) is 0 Å². The summed E-state index contributed by atoms with van der Waals surface area (Å²) in [6.45, 7) is 1.83. The lowest BCUT2D eigenvalue weighted by Crippen LogP contribution is -2.13. The van der Waals surface area contributed by atoms with Crippen LogP contribution in [0.3, 0.4) is 0 Å². The monoisotopic (exact) mass is 359 g/mol. The Hall–Kier alpha value is -0.860. The quantitative estimate of drug-likeness (QED) is 0.616. The molecule has 0 aliphatic rings. The molecule has 0 fully saturated rings. The minimum atomic E-state index is -4.46. The van der Waals surface area contributed by atoms with Crippen LogP contribution in [-0.2, 0) is 22.1 Å². The Labute approximate surface area is 110 Å². The number of carbonyl (C=O) groups is 1. The van der Waals surface area contributed by atoms with Gasteiger partial charge in [0.1, 0.15) is 0 Å². The Morgan fingerprint density at radius 1 is 1.47 bits per heavy atom. The third-order valence-electron chi connectivity index (χ3n) is 1.90. The van der Waals surface area contributed by atoms with E-state index in [4.69, 9.17) is 0 Å². The maximum absolute atomic E-state index is 12.6. The molecule has 0 amide bonds. The highest BCUT2D eigenvalue weighted by Crippen LogP contribution is 2.33. The molecule has 1 heterocycles. The van der Waals surface area contributed by atoms with E-state index in [1.165, 1.54) is 6.20 Å². The Morgan fingerprint density at radius 3 is 2.65 bits per heavy atom. The Balaban J connectivity index is 2.99. The minimum absolute atomic E-state index is 0.0156. The van der Waals surface area contributed by atoms with Crippen LogP contribution in [0.5, 0.6) is 0 Å². The zero-order valence-corrected chi connectivity index (χ0v) is 11.0. The van der Waals surface area contributed by atoms with Crippen molar-refractivity contribution in [3.63, 3.8) is 0 Å². The molecule has 0 spiro atoms.